The second-order valence-electron chi connectivity index (χ2n) is 4.80. The largest absolute Gasteiger partial charge is 0.453 e. The van der Waals surface area contributed by atoms with Gasteiger partial charge < -0.3 is 10.2 Å². The Bertz CT molecular complexity index is 728. The van der Waals surface area contributed by atoms with Gasteiger partial charge in [-0.25, -0.2) is 4.98 Å². The average molecular weight is 252 g/mol. The third kappa shape index (κ3) is 1.83. The number of benzene rings is 1. The number of aromatic nitrogens is 3. The van der Waals surface area contributed by atoms with E-state index in [9.17, 15) is 0 Å². The number of hydrogen-bond acceptors (Lipinski definition) is 5. The summed E-state index contributed by atoms with van der Waals surface area (Å²) >= 11 is 0. The smallest absolute Gasteiger partial charge is 0.223 e. The Kier molecular flexibility index (Phi) is 2.09. The standard InChI is InChI=1S/C14H12N4O/c15-14-17-12(8-5-6-8)16-13(18-14)11-7-9-3-1-2-4-10(9)19-11/h1-4,7-8H,5-6H2,(H2,15,16,17,18). The van der Waals surface area contributed by atoms with Gasteiger partial charge in [-0.05, 0) is 25.0 Å². The van der Waals surface area contributed by atoms with Crippen LogP contribution in [0.25, 0.3) is 22.6 Å². The van der Waals surface area contributed by atoms with Crippen LogP contribution in [0.2, 0.25) is 0 Å². The van der Waals surface area contributed by atoms with Gasteiger partial charge in [-0.2, -0.15) is 9.97 Å². The number of fused-ring (bicyclic) bond motifs is 1. The van der Waals surface area contributed by atoms with Crippen LogP contribution in [0.4, 0.5) is 5.95 Å². The quantitative estimate of drug-likeness (QED) is 0.758. The molecule has 5 heteroatoms. The molecule has 4 rings (SSSR count). The Morgan fingerprint density at radius 2 is 1.95 bits per heavy atom. The fourth-order valence-electron chi connectivity index (χ4n) is 2.14. The first-order valence-electron chi connectivity index (χ1n) is 6.30. The van der Waals surface area contributed by atoms with Crippen molar-refractivity contribution in [2.45, 2.75) is 18.8 Å². The third-order valence-corrected chi connectivity index (χ3v) is 3.26. The SMILES string of the molecule is Nc1nc(-c2cc3ccccc3o2)nc(C2CC2)n1. The van der Waals surface area contributed by atoms with E-state index in [1.807, 2.05) is 30.3 Å². The lowest BCUT2D eigenvalue weighted by Gasteiger charge is -2.01. The molecule has 0 unspecified atom stereocenters. The summed E-state index contributed by atoms with van der Waals surface area (Å²) in [6.07, 6.45) is 2.26. The van der Waals surface area contributed by atoms with Gasteiger partial charge in [0.05, 0.1) is 0 Å². The van der Waals surface area contributed by atoms with Crippen LogP contribution >= 0.6 is 0 Å². The molecular weight excluding hydrogens is 240 g/mol. The Hall–Kier alpha value is -2.43. The first-order chi connectivity index (χ1) is 9.29. The number of nitrogen functional groups attached to an aromatic ring is 1. The molecule has 94 valence electrons. The zero-order valence-corrected chi connectivity index (χ0v) is 10.2. The zero-order valence-electron chi connectivity index (χ0n) is 10.2. The molecule has 2 N–H and O–H groups in total. The monoisotopic (exact) mass is 252 g/mol. The maximum Gasteiger partial charge on any atom is 0.223 e. The fraction of sp³-hybridized carbons (Fsp3) is 0.214. The minimum atomic E-state index is 0.257. The summed E-state index contributed by atoms with van der Waals surface area (Å²) in [5.41, 5.74) is 6.58. The molecule has 5 nitrogen and oxygen atoms in total. The van der Waals surface area contributed by atoms with Crippen molar-refractivity contribution in [3.63, 3.8) is 0 Å². The molecule has 0 bridgehead atoms. The molecule has 1 aromatic carbocycles. The summed E-state index contributed by atoms with van der Waals surface area (Å²) in [7, 11) is 0. The Morgan fingerprint density at radius 1 is 1.11 bits per heavy atom. The highest BCUT2D eigenvalue weighted by molar-refractivity contribution is 5.81. The first-order valence-corrected chi connectivity index (χ1v) is 6.30. The predicted octanol–water partition coefficient (Wildman–Crippen LogP) is 2.74. The predicted molar refractivity (Wildman–Crippen MR) is 71.4 cm³/mol. The van der Waals surface area contributed by atoms with Gasteiger partial charge in [0.25, 0.3) is 0 Å². The van der Waals surface area contributed by atoms with E-state index in [1.54, 1.807) is 0 Å². The molecular formula is C14H12N4O. The van der Waals surface area contributed by atoms with Crippen molar-refractivity contribution >= 4 is 16.9 Å². The number of nitrogens with zero attached hydrogens (tertiary/aromatic N) is 3. The van der Waals surface area contributed by atoms with Crippen molar-refractivity contribution in [2.75, 3.05) is 5.73 Å². The number of rotatable bonds is 2. The number of furan rings is 1. The summed E-state index contributed by atoms with van der Waals surface area (Å²) in [6.45, 7) is 0. The Morgan fingerprint density at radius 3 is 2.74 bits per heavy atom. The lowest BCUT2D eigenvalue weighted by atomic mass is 10.2. The maximum absolute atomic E-state index is 5.76. The summed E-state index contributed by atoms with van der Waals surface area (Å²) < 4.78 is 5.76. The topological polar surface area (TPSA) is 77.8 Å². The molecule has 2 aromatic heterocycles. The van der Waals surface area contributed by atoms with Gasteiger partial charge in [0.1, 0.15) is 11.4 Å². The van der Waals surface area contributed by atoms with E-state index in [0.29, 0.717) is 17.5 Å². The average Bonchev–Trinajstić information content (AvgIpc) is 3.17. The van der Waals surface area contributed by atoms with E-state index in [1.165, 1.54) is 0 Å². The molecule has 2 heterocycles. The van der Waals surface area contributed by atoms with Crippen molar-refractivity contribution in [1.82, 2.24) is 15.0 Å². The first kappa shape index (κ1) is 10.5. The third-order valence-electron chi connectivity index (χ3n) is 3.26. The van der Waals surface area contributed by atoms with E-state index >= 15 is 0 Å². The molecule has 1 aliphatic rings. The number of hydrogen-bond donors (Lipinski definition) is 1. The van der Waals surface area contributed by atoms with Gasteiger partial charge in [0.15, 0.2) is 5.76 Å². The highest BCUT2D eigenvalue weighted by Crippen LogP contribution is 2.38. The highest BCUT2D eigenvalue weighted by atomic mass is 16.3. The molecule has 0 amide bonds. The lowest BCUT2D eigenvalue weighted by molar-refractivity contribution is 0.623. The normalized spacial score (nSPS) is 14.9. The summed E-state index contributed by atoms with van der Waals surface area (Å²) in [6, 6.07) is 9.76. The molecule has 1 saturated carbocycles. The molecule has 1 aliphatic carbocycles. The second kappa shape index (κ2) is 3.78. The van der Waals surface area contributed by atoms with E-state index in [2.05, 4.69) is 15.0 Å². The van der Waals surface area contributed by atoms with E-state index in [4.69, 9.17) is 10.2 Å². The maximum atomic E-state index is 5.76. The number of para-hydroxylation sites is 1. The van der Waals surface area contributed by atoms with Crippen LogP contribution in [0.1, 0.15) is 24.6 Å². The van der Waals surface area contributed by atoms with Crippen molar-refractivity contribution in [2.24, 2.45) is 0 Å². The molecule has 1 fully saturated rings. The van der Waals surface area contributed by atoms with E-state index in [-0.39, 0.29) is 5.95 Å². The van der Waals surface area contributed by atoms with Gasteiger partial charge in [-0.3, -0.25) is 0 Å². The van der Waals surface area contributed by atoms with Crippen molar-refractivity contribution in [1.29, 1.82) is 0 Å². The highest BCUT2D eigenvalue weighted by Gasteiger charge is 2.28. The van der Waals surface area contributed by atoms with Crippen LogP contribution in [-0.4, -0.2) is 15.0 Å². The summed E-state index contributed by atoms with van der Waals surface area (Å²) in [5.74, 6) is 2.63. The molecule has 0 aliphatic heterocycles. The molecule has 3 aromatic rings. The minimum absolute atomic E-state index is 0.257. The molecule has 0 radical (unpaired) electrons. The van der Waals surface area contributed by atoms with Crippen LogP contribution < -0.4 is 5.73 Å². The molecule has 0 spiro atoms. The van der Waals surface area contributed by atoms with Gasteiger partial charge in [0, 0.05) is 11.3 Å². The van der Waals surface area contributed by atoms with E-state index in [0.717, 1.165) is 29.6 Å². The fourth-order valence-corrected chi connectivity index (χ4v) is 2.14. The molecule has 19 heavy (non-hydrogen) atoms. The Labute approximate surface area is 109 Å². The second-order valence-corrected chi connectivity index (χ2v) is 4.80. The van der Waals surface area contributed by atoms with Gasteiger partial charge in [-0.15, -0.1) is 0 Å². The summed E-state index contributed by atoms with van der Waals surface area (Å²) in [4.78, 5) is 12.8. The van der Waals surface area contributed by atoms with Crippen molar-refractivity contribution in [3.05, 3.63) is 36.2 Å². The van der Waals surface area contributed by atoms with Gasteiger partial charge >= 0.3 is 0 Å². The van der Waals surface area contributed by atoms with E-state index < -0.39 is 0 Å². The van der Waals surface area contributed by atoms with Crippen molar-refractivity contribution < 1.29 is 4.42 Å². The van der Waals surface area contributed by atoms with Crippen molar-refractivity contribution in [3.8, 4) is 11.6 Å². The zero-order chi connectivity index (χ0) is 12.8. The summed E-state index contributed by atoms with van der Waals surface area (Å²) in [5, 5.41) is 1.03. The number of anilines is 1. The minimum Gasteiger partial charge on any atom is -0.453 e. The van der Waals surface area contributed by atoms with Crippen LogP contribution in [0.5, 0.6) is 0 Å². The van der Waals surface area contributed by atoms with Gasteiger partial charge in [-0.1, -0.05) is 18.2 Å². The van der Waals surface area contributed by atoms with Crippen LogP contribution in [0.15, 0.2) is 34.7 Å². The lowest BCUT2D eigenvalue weighted by Crippen LogP contribution is -2.03. The van der Waals surface area contributed by atoms with Crippen LogP contribution in [0.3, 0.4) is 0 Å². The van der Waals surface area contributed by atoms with Crippen LogP contribution in [-0.2, 0) is 0 Å². The van der Waals surface area contributed by atoms with Crippen LogP contribution in [0, 0.1) is 0 Å². The number of nitrogens with two attached hydrogens (primary N) is 1. The molecule has 0 atom stereocenters. The molecule has 0 saturated heterocycles. The Balaban J connectivity index is 1.86. The van der Waals surface area contributed by atoms with Gasteiger partial charge in [0.2, 0.25) is 11.8 Å².